The number of anilines is 2. The van der Waals surface area contributed by atoms with Gasteiger partial charge in [-0.05, 0) is 49.5 Å². The van der Waals surface area contributed by atoms with Crippen molar-refractivity contribution in [1.82, 2.24) is 9.21 Å². The Balaban J connectivity index is 1.44. The van der Waals surface area contributed by atoms with E-state index in [2.05, 4.69) is 10.2 Å². The molecule has 0 aromatic heterocycles. The average Bonchev–Trinajstić information content (AvgIpc) is 3.16. The summed E-state index contributed by atoms with van der Waals surface area (Å²) in [5.41, 5.74) is 1.08. The Morgan fingerprint density at radius 1 is 1.06 bits per heavy atom. The molecule has 0 spiro atoms. The minimum atomic E-state index is -3.64. The monoisotopic (exact) mass is 476 g/mol. The maximum atomic E-state index is 13.0. The lowest BCUT2D eigenvalue weighted by Gasteiger charge is -2.31. The summed E-state index contributed by atoms with van der Waals surface area (Å²) < 4.78 is 27.4. The van der Waals surface area contributed by atoms with Crippen molar-refractivity contribution in [2.45, 2.75) is 11.3 Å². The number of piperazine rings is 1. The van der Waals surface area contributed by atoms with Gasteiger partial charge in [0.05, 0.1) is 10.8 Å². The largest absolute Gasteiger partial charge is 0.326 e. The summed E-state index contributed by atoms with van der Waals surface area (Å²) in [7, 11) is -1.68. The predicted molar refractivity (Wildman–Crippen MR) is 123 cm³/mol. The van der Waals surface area contributed by atoms with Crippen LogP contribution in [0.2, 0.25) is 5.02 Å². The van der Waals surface area contributed by atoms with E-state index in [0.29, 0.717) is 42.6 Å². The van der Waals surface area contributed by atoms with E-state index in [0.717, 1.165) is 0 Å². The van der Waals surface area contributed by atoms with Crippen molar-refractivity contribution in [2.24, 2.45) is 5.92 Å². The zero-order valence-electron chi connectivity index (χ0n) is 17.7. The third kappa shape index (κ3) is 4.80. The van der Waals surface area contributed by atoms with Gasteiger partial charge >= 0.3 is 0 Å². The maximum Gasteiger partial charge on any atom is 0.243 e. The van der Waals surface area contributed by atoms with Crippen molar-refractivity contribution in [3.8, 4) is 0 Å². The minimum absolute atomic E-state index is 0.0910. The number of nitrogens with one attached hydrogen (secondary N) is 1. The zero-order valence-corrected chi connectivity index (χ0v) is 19.3. The first-order valence-electron chi connectivity index (χ1n) is 10.4. The lowest BCUT2D eigenvalue weighted by Crippen LogP contribution is -2.47. The second kappa shape index (κ2) is 9.19. The quantitative estimate of drug-likeness (QED) is 0.715. The van der Waals surface area contributed by atoms with Crippen molar-refractivity contribution in [1.29, 1.82) is 0 Å². The number of hydrogen-bond donors (Lipinski definition) is 1. The minimum Gasteiger partial charge on any atom is -0.326 e. The smallest absolute Gasteiger partial charge is 0.243 e. The molecule has 1 atom stereocenters. The fourth-order valence-electron chi connectivity index (χ4n) is 3.91. The van der Waals surface area contributed by atoms with Gasteiger partial charge in [0.15, 0.2) is 0 Å². The number of amides is 2. The highest BCUT2D eigenvalue weighted by Gasteiger charge is 2.35. The topological polar surface area (TPSA) is 90.0 Å². The van der Waals surface area contributed by atoms with Gasteiger partial charge in [0, 0.05) is 55.5 Å². The van der Waals surface area contributed by atoms with E-state index >= 15 is 0 Å². The Kier molecular flexibility index (Phi) is 6.52. The Morgan fingerprint density at radius 3 is 2.44 bits per heavy atom. The van der Waals surface area contributed by atoms with Gasteiger partial charge in [0.1, 0.15) is 0 Å². The number of benzene rings is 2. The molecule has 2 aliphatic heterocycles. The van der Waals surface area contributed by atoms with E-state index in [1.165, 1.54) is 16.4 Å². The Morgan fingerprint density at radius 2 is 1.75 bits per heavy atom. The third-order valence-corrected chi connectivity index (χ3v) is 7.98. The Hall–Kier alpha value is -2.46. The summed E-state index contributed by atoms with van der Waals surface area (Å²) in [6, 6.07) is 13.1. The summed E-state index contributed by atoms with van der Waals surface area (Å²) in [4.78, 5) is 29.0. The van der Waals surface area contributed by atoms with Crippen molar-refractivity contribution >= 4 is 44.8 Å². The van der Waals surface area contributed by atoms with Gasteiger partial charge in [-0.1, -0.05) is 17.7 Å². The highest BCUT2D eigenvalue weighted by atomic mass is 35.5. The van der Waals surface area contributed by atoms with Crippen LogP contribution in [0.1, 0.15) is 6.42 Å². The Labute approximate surface area is 192 Å². The first-order valence-corrected chi connectivity index (χ1v) is 12.2. The van der Waals surface area contributed by atoms with Crippen molar-refractivity contribution in [3.05, 3.63) is 53.6 Å². The lowest BCUT2D eigenvalue weighted by molar-refractivity contribution is -0.122. The van der Waals surface area contributed by atoms with Gasteiger partial charge in [0.25, 0.3) is 0 Å². The average molecular weight is 477 g/mol. The van der Waals surface area contributed by atoms with Crippen molar-refractivity contribution in [2.75, 3.05) is 50.0 Å². The van der Waals surface area contributed by atoms with Crippen LogP contribution in [0.3, 0.4) is 0 Å². The molecule has 2 saturated heterocycles. The van der Waals surface area contributed by atoms with Crippen LogP contribution in [-0.2, 0) is 19.6 Å². The first-order chi connectivity index (χ1) is 15.2. The number of carbonyl (C=O) groups is 2. The van der Waals surface area contributed by atoms with E-state index < -0.39 is 15.9 Å². The van der Waals surface area contributed by atoms with Crippen LogP contribution in [0.15, 0.2) is 53.4 Å². The zero-order chi connectivity index (χ0) is 22.9. The number of hydrogen-bond acceptors (Lipinski definition) is 5. The number of sulfonamides is 1. The van der Waals surface area contributed by atoms with Gasteiger partial charge in [-0.2, -0.15) is 4.31 Å². The van der Waals surface area contributed by atoms with E-state index in [1.807, 2.05) is 7.05 Å². The molecule has 1 N–H and O–H groups in total. The molecule has 2 heterocycles. The molecule has 0 aliphatic carbocycles. The summed E-state index contributed by atoms with van der Waals surface area (Å²) in [5.74, 6) is -0.987. The van der Waals surface area contributed by atoms with Crippen molar-refractivity contribution < 1.29 is 18.0 Å². The molecule has 4 rings (SSSR count). The molecule has 0 radical (unpaired) electrons. The van der Waals surface area contributed by atoms with E-state index in [4.69, 9.17) is 11.6 Å². The van der Waals surface area contributed by atoms with Crippen LogP contribution in [0.25, 0.3) is 0 Å². The van der Waals surface area contributed by atoms with E-state index in [9.17, 15) is 18.0 Å². The van der Waals surface area contributed by atoms with E-state index in [1.54, 1.807) is 41.3 Å². The van der Waals surface area contributed by atoms with Crippen LogP contribution >= 0.6 is 11.6 Å². The number of nitrogens with zero attached hydrogens (tertiary/aromatic N) is 3. The second-order valence-electron chi connectivity index (χ2n) is 8.11. The lowest BCUT2D eigenvalue weighted by atomic mass is 10.1. The standard InChI is InChI=1S/C22H25ClN4O4S/c1-25-9-11-26(12-10-25)32(30,31)20-4-2-3-18(14-20)24-22(29)16-13-21(28)27(15-16)19-7-5-17(23)6-8-19/h2-8,14,16H,9-13,15H2,1H3,(H,24,29). The molecule has 1 unspecified atom stereocenters. The van der Waals surface area contributed by atoms with Gasteiger partial charge < -0.3 is 15.1 Å². The highest BCUT2D eigenvalue weighted by molar-refractivity contribution is 7.89. The molecule has 8 nitrogen and oxygen atoms in total. The molecular weight excluding hydrogens is 452 g/mol. The molecule has 32 heavy (non-hydrogen) atoms. The summed E-state index contributed by atoms with van der Waals surface area (Å²) in [6.45, 7) is 2.47. The summed E-state index contributed by atoms with van der Waals surface area (Å²) in [6.07, 6.45) is 0.0910. The van der Waals surface area contributed by atoms with Gasteiger partial charge in [-0.15, -0.1) is 0 Å². The van der Waals surface area contributed by atoms with Crippen LogP contribution in [-0.4, -0.2) is 69.2 Å². The molecule has 0 bridgehead atoms. The molecule has 10 heteroatoms. The molecule has 0 saturated carbocycles. The molecule has 2 aliphatic rings. The van der Waals surface area contributed by atoms with Crippen molar-refractivity contribution in [3.63, 3.8) is 0 Å². The predicted octanol–water partition coefficient (Wildman–Crippen LogP) is 2.27. The normalized spacial score (nSPS) is 20.5. The molecule has 2 aromatic carbocycles. The Bertz CT molecular complexity index is 1120. The first kappa shape index (κ1) is 22.7. The number of halogens is 1. The van der Waals surface area contributed by atoms with Gasteiger partial charge in [0.2, 0.25) is 21.8 Å². The summed E-state index contributed by atoms with van der Waals surface area (Å²) >= 11 is 5.91. The van der Waals surface area contributed by atoms with Gasteiger partial charge in [-0.3, -0.25) is 9.59 Å². The molecular formula is C22H25ClN4O4S. The highest BCUT2D eigenvalue weighted by Crippen LogP contribution is 2.28. The molecule has 2 fully saturated rings. The molecule has 2 aromatic rings. The van der Waals surface area contributed by atoms with Gasteiger partial charge in [-0.25, -0.2) is 8.42 Å². The van der Waals surface area contributed by atoms with Crippen LogP contribution in [0.4, 0.5) is 11.4 Å². The maximum absolute atomic E-state index is 13.0. The number of rotatable bonds is 5. The number of carbonyl (C=O) groups excluding carboxylic acids is 2. The fraction of sp³-hybridized carbons (Fsp3) is 0.364. The molecule has 2 amide bonds. The molecule has 170 valence electrons. The summed E-state index contributed by atoms with van der Waals surface area (Å²) in [5, 5.41) is 3.35. The number of likely N-dealkylation sites (N-methyl/N-ethyl adjacent to an activating group) is 1. The fourth-order valence-corrected chi connectivity index (χ4v) is 5.50. The van der Waals surface area contributed by atoms with Crippen LogP contribution < -0.4 is 10.2 Å². The van der Waals surface area contributed by atoms with Crippen LogP contribution in [0, 0.1) is 5.92 Å². The second-order valence-corrected chi connectivity index (χ2v) is 10.5. The van der Waals surface area contributed by atoms with Crippen LogP contribution in [0.5, 0.6) is 0 Å². The third-order valence-electron chi connectivity index (χ3n) is 5.84. The SMILES string of the molecule is CN1CCN(S(=O)(=O)c2cccc(NC(=O)C3CC(=O)N(c4ccc(Cl)cc4)C3)c2)CC1. The van der Waals surface area contributed by atoms with E-state index in [-0.39, 0.29) is 29.7 Å².